The van der Waals surface area contributed by atoms with Crippen LogP contribution in [-0.4, -0.2) is 5.78 Å². The van der Waals surface area contributed by atoms with Crippen LogP contribution >= 0.6 is 0 Å². The molecule has 0 N–H and O–H groups in total. The minimum atomic E-state index is 0.136. The Kier molecular flexibility index (Phi) is 3.87. The van der Waals surface area contributed by atoms with Crippen molar-refractivity contribution >= 4 is 5.78 Å². The standard InChI is InChI=1S/C13H18O/c1-10(2)13(14)11(3)9-12-7-5-4-6-8-12/h4-8,10-11H,9H2,1-3H3. The van der Waals surface area contributed by atoms with Crippen LogP contribution in [0.1, 0.15) is 26.3 Å². The predicted molar refractivity (Wildman–Crippen MR) is 59.2 cm³/mol. The summed E-state index contributed by atoms with van der Waals surface area (Å²) in [7, 11) is 0. The van der Waals surface area contributed by atoms with Gasteiger partial charge in [-0.2, -0.15) is 0 Å². The molecule has 0 aliphatic heterocycles. The van der Waals surface area contributed by atoms with E-state index in [2.05, 4.69) is 12.1 Å². The quantitative estimate of drug-likeness (QED) is 0.713. The Balaban J connectivity index is 2.57. The highest BCUT2D eigenvalue weighted by Crippen LogP contribution is 2.12. The zero-order valence-electron chi connectivity index (χ0n) is 9.16. The Morgan fingerprint density at radius 2 is 1.71 bits per heavy atom. The zero-order valence-corrected chi connectivity index (χ0v) is 9.16. The average molecular weight is 190 g/mol. The molecule has 0 bridgehead atoms. The lowest BCUT2D eigenvalue weighted by molar-refractivity contribution is -0.125. The van der Waals surface area contributed by atoms with Crippen LogP contribution < -0.4 is 0 Å². The van der Waals surface area contributed by atoms with Crippen LogP contribution in [0.4, 0.5) is 0 Å². The van der Waals surface area contributed by atoms with Crippen molar-refractivity contribution in [3.05, 3.63) is 35.9 Å². The van der Waals surface area contributed by atoms with Crippen molar-refractivity contribution in [2.24, 2.45) is 11.8 Å². The molecule has 0 saturated carbocycles. The van der Waals surface area contributed by atoms with Gasteiger partial charge in [0.2, 0.25) is 0 Å². The molecule has 76 valence electrons. The summed E-state index contributed by atoms with van der Waals surface area (Å²) in [4.78, 5) is 11.6. The molecule has 0 radical (unpaired) electrons. The SMILES string of the molecule is CC(C)C(=O)C(C)Cc1ccccc1. The van der Waals surface area contributed by atoms with Gasteiger partial charge in [-0.15, -0.1) is 0 Å². The Morgan fingerprint density at radius 3 is 2.21 bits per heavy atom. The van der Waals surface area contributed by atoms with Crippen molar-refractivity contribution in [2.45, 2.75) is 27.2 Å². The molecule has 1 aromatic rings. The molecule has 0 aliphatic carbocycles. The molecule has 1 unspecified atom stereocenters. The second kappa shape index (κ2) is 4.94. The summed E-state index contributed by atoms with van der Waals surface area (Å²) < 4.78 is 0. The summed E-state index contributed by atoms with van der Waals surface area (Å²) >= 11 is 0. The fraction of sp³-hybridized carbons (Fsp3) is 0.462. The summed E-state index contributed by atoms with van der Waals surface area (Å²) in [6.07, 6.45) is 0.859. The van der Waals surface area contributed by atoms with E-state index >= 15 is 0 Å². The van der Waals surface area contributed by atoms with Crippen molar-refractivity contribution in [1.82, 2.24) is 0 Å². The number of benzene rings is 1. The van der Waals surface area contributed by atoms with Gasteiger partial charge in [-0.25, -0.2) is 0 Å². The zero-order chi connectivity index (χ0) is 10.6. The minimum Gasteiger partial charge on any atom is -0.299 e. The number of rotatable bonds is 4. The first kappa shape index (κ1) is 11.0. The van der Waals surface area contributed by atoms with Gasteiger partial charge < -0.3 is 0 Å². The summed E-state index contributed by atoms with van der Waals surface area (Å²) in [5, 5.41) is 0. The predicted octanol–water partition coefficient (Wildman–Crippen LogP) is 3.09. The monoisotopic (exact) mass is 190 g/mol. The normalized spacial score (nSPS) is 12.9. The van der Waals surface area contributed by atoms with E-state index in [9.17, 15) is 4.79 Å². The first-order valence-electron chi connectivity index (χ1n) is 5.19. The fourth-order valence-electron chi connectivity index (χ4n) is 1.64. The minimum absolute atomic E-state index is 0.136. The van der Waals surface area contributed by atoms with Crippen LogP contribution in [0.3, 0.4) is 0 Å². The molecule has 1 atom stereocenters. The van der Waals surface area contributed by atoms with E-state index in [1.54, 1.807) is 0 Å². The molecule has 0 fully saturated rings. The Labute approximate surface area is 86.1 Å². The summed E-state index contributed by atoms with van der Waals surface area (Å²) in [5.74, 6) is 0.639. The molecule has 0 saturated heterocycles. The highest BCUT2D eigenvalue weighted by molar-refractivity contribution is 5.82. The van der Waals surface area contributed by atoms with Crippen molar-refractivity contribution in [3.63, 3.8) is 0 Å². The third-order valence-electron chi connectivity index (χ3n) is 2.44. The first-order chi connectivity index (χ1) is 6.61. The van der Waals surface area contributed by atoms with Gasteiger partial charge in [0.15, 0.2) is 0 Å². The molecular formula is C13H18O. The van der Waals surface area contributed by atoms with Gasteiger partial charge in [-0.1, -0.05) is 51.1 Å². The van der Waals surface area contributed by atoms with Gasteiger partial charge in [0, 0.05) is 11.8 Å². The lowest BCUT2D eigenvalue weighted by Gasteiger charge is -2.12. The Hall–Kier alpha value is -1.11. The fourth-order valence-corrected chi connectivity index (χ4v) is 1.64. The summed E-state index contributed by atoms with van der Waals surface area (Å²) in [6, 6.07) is 10.2. The van der Waals surface area contributed by atoms with Crippen molar-refractivity contribution in [1.29, 1.82) is 0 Å². The molecule has 0 spiro atoms. The van der Waals surface area contributed by atoms with Gasteiger partial charge in [-0.05, 0) is 12.0 Å². The summed E-state index contributed by atoms with van der Waals surface area (Å²) in [5.41, 5.74) is 1.24. The smallest absolute Gasteiger partial charge is 0.138 e. The van der Waals surface area contributed by atoms with E-state index in [4.69, 9.17) is 0 Å². The van der Waals surface area contributed by atoms with Crippen LogP contribution in [0.15, 0.2) is 30.3 Å². The highest BCUT2D eigenvalue weighted by atomic mass is 16.1. The Bertz CT molecular complexity index is 287. The highest BCUT2D eigenvalue weighted by Gasteiger charge is 2.16. The molecule has 1 nitrogen and oxygen atoms in total. The number of hydrogen-bond acceptors (Lipinski definition) is 1. The van der Waals surface area contributed by atoms with Gasteiger partial charge >= 0.3 is 0 Å². The van der Waals surface area contributed by atoms with E-state index in [-0.39, 0.29) is 11.8 Å². The molecular weight excluding hydrogens is 172 g/mol. The van der Waals surface area contributed by atoms with Crippen LogP contribution in [-0.2, 0) is 11.2 Å². The topological polar surface area (TPSA) is 17.1 Å². The van der Waals surface area contributed by atoms with Gasteiger partial charge in [0.1, 0.15) is 5.78 Å². The van der Waals surface area contributed by atoms with Crippen molar-refractivity contribution in [3.8, 4) is 0 Å². The van der Waals surface area contributed by atoms with Crippen molar-refractivity contribution < 1.29 is 4.79 Å². The second-order valence-electron chi connectivity index (χ2n) is 4.15. The van der Waals surface area contributed by atoms with E-state index in [0.29, 0.717) is 5.78 Å². The number of Topliss-reactive ketones (excluding diaryl/α,β-unsaturated/α-hetero) is 1. The van der Waals surface area contributed by atoms with Gasteiger partial charge in [0.05, 0.1) is 0 Å². The van der Waals surface area contributed by atoms with Gasteiger partial charge in [0.25, 0.3) is 0 Å². The third-order valence-corrected chi connectivity index (χ3v) is 2.44. The maximum absolute atomic E-state index is 11.6. The molecule has 0 heterocycles. The molecule has 0 amide bonds. The average Bonchev–Trinajstić information content (AvgIpc) is 2.18. The van der Waals surface area contributed by atoms with Crippen LogP contribution in [0.2, 0.25) is 0 Å². The molecule has 0 aromatic heterocycles. The van der Waals surface area contributed by atoms with E-state index < -0.39 is 0 Å². The summed E-state index contributed by atoms with van der Waals surface area (Å²) in [6.45, 7) is 5.93. The third kappa shape index (κ3) is 2.99. The van der Waals surface area contributed by atoms with E-state index in [1.807, 2.05) is 39.0 Å². The van der Waals surface area contributed by atoms with Crippen LogP contribution in [0, 0.1) is 11.8 Å². The largest absolute Gasteiger partial charge is 0.299 e. The number of carbonyl (C=O) groups excluding carboxylic acids is 1. The Morgan fingerprint density at radius 1 is 1.14 bits per heavy atom. The number of hydrogen-bond donors (Lipinski definition) is 0. The van der Waals surface area contributed by atoms with E-state index in [0.717, 1.165) is 6.42 Å². The lowest BCUT2D eigenvalue weighted by atomic mass is 9.91. The molecule has 0 aliphatic rings. The first-order valence-corrected chi connectivity index (χ1v) is 5.19. The van der Waals surface area contributed by atoms with Gasteiger partial charge in [-0.3, -0.25) is 4.79 Å². The van der Waals surface area contributed by atoms with Crippen LogP contribution in [0.25, 0.3) is 0 Å². The van der Waals surface area contributed by atoms with Crippen LogP contribution in [0.5, 0.6) is 0 Å². The van der Waals surface area contributed by atoms with Crippen molar-refractivity contribution in [2.75, 3.05) is 0 Å². The maximum atomic E-state index is 11.6. The number of carbonyl (C=O) groups is 1. The number of ketones is 1. The van der Waals surface area contributed by atoms with E-state index in [1.165, 1.54) is 5.56 Å². The molecule has 1 heteroatoms. The maximum Gasteiger partial charge on any atom is 0.138 e. The lowest BCUT2D eigenvalue weighted by Crippen LogP contribution is -2.18. The second-order valence-corrected chi connectivity index (χ2v) is 4.15. The molecule has 1 rings (SSSR count). The molecule has 1 aromatic carbocycles. The molecule has 14 heavy (non-hydrogen) atoms.